The van der Waals surface area contributed by atoms with Crippen LogP contribution in [0.1, 0.15) is 43.2 Å². The van der Waals surface area contributed by atoms with Gasteiger partial charge in [0.05, 0.1) is 23.2 Å². The van der Waals surface area contributed by atoms with Crippen molar-refractivity contribution in [2.75, 3.05) is 0 Å². The fourth-order valence-corrected chi connectivity index (χ4v) is 3.65. The predicted molar refractivity (Wildman–Crippen MR) is 108 cm³/mol. The molecule has 1 aliphatic carbocycles. The van der Waals surface area contributed by atoms with E-state index in [2.05, 4.69) is 17.5 Å². The lowest BCUT2D eigenvalue weighted by atomic mass is 9.81. The number of hydrogen-bond acceptors (Lipinski definition) is 4. The van der Waals surface area contributed by atoms with Gasteiger partial charge in [-0.1, -0.05) is 55.7 Å². The zero-order chi connectivity index (χ0) is 20.0. The van der Waals surface area contributed by atoms with Gasteiger partial charge in [0.2, 0.25) is 5.91 Å². The van der Waals surface area contributed by atoms with Crippen molar-refractivity contribution in [3.8, 4) is 23.3 Å². The first kappa shape index (κ1) is 19.6. The van der Waals surface area contributed by atoms with Gasteiger partial charge in [-0.2, -0.15) is 10.5 Å². The second kappa shape index (κ2) is 8.69. The van der Waals surface area contributed by atoms with Crippen molar-refractivity contribution in [3.05, 3.63) is 59.7 Å². The molecule has 0 heterocycles. The normalized spacial score (nSPS) is 16.4. The zero-order valence-corrected chi connectivity index (χ0v) is 15.8. The minimum atomic E-state index is -0.840. The Balaban J connectivity index is 1.64. The Bertz CT molecular complexity index is 898. The number of nitrogens with one attached hydrogen (secondary N) is 1. The number of hydrogen-bond donors (Lipinski definition) is 2. The Morgan fingerprint density at radius 1 is 1.00 bits per heavy atom. The average Bonchev–Trinajstić information content (AvgIpc) is 2.74. The lowest BCUT2D eigenvalue weighted by molar-refractivity contribution is -0.127. The van der Waals surface area contributed by atoms with Crippen molar-refractivity contribution in [1.82, 2.24) is 5.32 Å². The highest BCUT2D eigenvalue weighted by molar-refractivity contribution is 5.86. The van der Waals surface area contributed by atoms with Crippen LogP contribution in [0.2, 0.25) is 0 Å². The molecule has 0 bridgehead atoms. The maximum absolute atomic E-state index is 12.6. The Kier molecular flexibility index (Phi) is 6.09. The van der Waals surface area contributed by atoms with E-state index in [-0.39, 0.29) is 5.91 Å². The van der Waals surface area contributed by atoms with E-state index in [1.165, 1.54) is 0 Å². The molecular formula is C23H24N4O. The van der Waals surface area contributed by atoms with Gasteiger partial charge in [-0.05, 0) is 41.7 Å². The van der Waals surface area contributed by atoms with Gasteiger partial charge in [0, 0.05) is 6.42 Å². The second-order valence-corrected chi connectivity index (χ2v) is 7.46. The molecule has 0 radical (unpaired) electrons. The van der Waals surface area contributed by atoms with Crippen LogP contribution in [0.15, 0.2) is 48.5 Å². The molecule has 2 aromatic rings. The van der Waals surface area contributed by atoms with Gasteiger partial charge < -0.3 is 11.1 Å². The molecule has 3 N–H and O–H groups in total. The van der Waals surface area contributed by atoms with E-state index in [1.807, 2.05) is 36.4 Å². The van der Waals surface area contributed by atoms with Gasteiger partial charge in [-0.3, -0.25) is 4.79 Å². The van der Waals surface area contributed by atoms with E-state index in [4.69, 9.17) is 11.0 Å². The Morgan fingerprint density at radius 3 is 2.11 bits per heavy atom. The lowest BCUT2D eigenvalue weighted by Crippen LogP contribution is -2.57. The highest BCUT2D eigenvalue weighted by Gasteiger charge is 2.36. The van der Waals surface area contributed by atoms with Gasteiger partial charge in [0.15, 0.2) is 0 Å². The Labute approximate surface area is 165 Å². The van der Waals surface area contributed by atoms with Gasteiger partial charge in [-0.25, -0.2) is 0 Å². The molecule has 0 unspecified atom stereocenters. The molecule has 0 aromatic heterocycles. The van der Waals surface area contributed by atoms with Crippen LogP contribution in [0.25, 0.3) is 11.1 Å². The smallest absolute Gasteiger partial charge is 0.241 e. The molecule has 28 heavy (non-hydrogen) atoms. The summed E-state index contributed by atoms with van der Waals surface area (Å²) in [5.74, 6) is -0.215. The first-order valence-corrected chi connectivity index (χ1v) is 9.63. The standard InChI is InChI=1S/C23H24N4O/c24-15-18-6-10-20(11-7-18)19-8-4-17(5-9-19)14-21(16-25)27-22(28)23(26)12-2-1-3-13-23/h4-11,21H,1-3,12-14,26H2,(H,27,28)/t21-/m0/s1. The average molecular weight is 372 g/mol. The van der Waals surface area contributed by atoms with E-state index in [1.54, 1.807) is 12.1 Å². The first-order chi connectivity index (χ1) is 13.5. The molecule has 3 rings (SSSR count). The summed E-state index contributed by atoms with van der Waals surface area (Å²) in [7, 11) is 0. The summed E-state index contributed by atoms with van der Waals surface area (Å²) in [6.45, 7) is 0. The van der Waals surface area contributed by atoms with Crippen molar-refractivity contribution >= 4 is 5.91 Å². The number of nitrogens with zero attached hydrogens (tertiary/aromatic N) is 2. The maximum atomic E-state index is 12.6. The van der Waals surface area contributed by atoms with Crippen LogP contribution in [0, 0.1) is 22.7 Å². The summed E-state index contributed by atoms with van der Waals surface area (Å²) in [5, 5.41) is 21.2. The van der Waals surface area contributed by atoms with Crippen LogP contribution in [0.3, 0.4) is 0 Å². The Hall–Kier alpha value is -3.15. The number of benzene rings is 2. The molecule has 1 aliphatic rings. The van der Waals surface area contributed by atoms with Crippen LogP contribution < -0.4 is 11.1 Å². The summed E-state index contributed by atoms with van der Waals surface area (Å²) in [5.41, 5.74) is 9.08. The number of nitriles is 2. The highest BCUT2D eigenvalue weighted by atomic mass is 16.2. The molecule has 0 saturated heterocycles. The van der Waals surface area contributed by atoms with Crippen LogP contribution in [-0.2, 0) is 11.2 Å². The zero-order valence-electron chi connectivity index (χ0n) is 15.8. The molecule has 0 spiro atoms. The number of carbonyl (C=O) groups excluding carboxylic acids is 1. The summed E-state index contributed by atoms with van der Waals surface area (Å²) < 4.78 is 0. The summed E-state index contributed by atoms with van der Waals surface area (Å²) in [6, 6.07) is 19.0. The third-order valence-electron chi connectivity index (χ3n) is 5.40. The maximum Gasteiger partial charge on any atom is 0.241 e. The van der Waals surface area contributed by atoms with E-state index in [0.29, 0.717) is 24.8 Å². The lowest BCUT2D eigenvalue weighted by Gasteiger charge is -2.32. The monoisotopic (exact) mass is 372 g/mol. The van der Waals surface area contributed by atoms with Crippen molar-refractivity contribution in [1.29, 1.82) is 10.5 Å². The topological polar surface area (TPSA) is 103 Å². The van der Waals surface area contributed by atoms with Crippen LogP contribution in [0.4, 0.5) is 0 Å². The van der Waals surface area contributed by atoms with Gasteiger partial charge in [-0.15, -0.1) is 0 Å². The molecular weight excluding hydrogens is 348 g/mol. The molecule has 142 valence electrons. The van der Waals surface area contributed by atoms with Crippen molar-refractivity contribution in [2.45, 2.75) is 50.1 Å². The van der Waals surface area contributed by atoms with Crippen molar-refractivity contribution < 1.29 is 4.79 Å². The quantitative estimate of drug-likeness (QED) is 0.839. The minimum Gasteiger partial charge on any atom is -0.338 e. The van der Waals surface area contributed by atoms with Crippen LogP contribution >= 0.6 is 0 Å². The summed E-state index contributed by atoms with van der Waals surface area (Å²) in [6.07, 6.45) is 4.81. The molecule has 1 saturated carbocycles. The molecule has 1 fully saturated rings. The predicted octanol–water partition coefficient (Wildman–Crippen LogP) is 3.44. The van der Waals surface area contributed by atoms with Crippen molar-refractivity contribution in [2.24, 2.45) is 5.73 Å². The van der Waals surface area contributed by atoms with E-state index >= 15 is 0 Å². The van der Waals surface area contributed by atoms with E-state index < -0.39 is 11.6 Å². The fourth-order valence-electron chi connectivity index (χ4n) is 3.65. The largest absolute Gasteiger partial charge is 0.338 e. The van der Waals surface area contributed by atoms with Crippen LogP contribution in [0.5, 0.6) is 0 Å². The molecule has 1 amide bonds. The molecule has 0 aliphatic heterocycles. The molecule has 5 nitrogen and oxygen atoms in total. The number of carbonyl (C=O) groups is 1. The fraction of sp³-hybridized carbons (Fsp3) is 0.348. The SMILES string of the molecule is N#Cc1ccc(-c2ccc(C[C@@H](C#N)NC(=O)C3(N)CCCCC3)cc2)cc1. The third kappa shape index (κ3) is 4.57. The second-order valence-electron chi connectivity index (χ2n) is 7.46. The number of amides is 1. The number of rotatable bonds is 5. The molecule has 1 atom stereocenters. The summed E-state index contributed by atoms with van der Waals surface area (Å²) >= 11 is 0. The summed E-state index contributed by atoms with van der Waals surface area (Å²) in [4.78, 5) is 12.6. The van der Waals surface area contributed by atoms with Gasteiger partial charge >= 0.3 is 0 Å². The minimum absolute atomic E-state index is 0.215. The van der Waals surface area contributed by atoms with E-state index in [9.17, 15) is 10.1 Å². The Morgan fingerprint density at radius 2 is 1.57 bits per heavy atom. The van der Waals surface area contributed by atoms with Gasteiger partial charge in [0.1, 0.15) is 6.04 Å². The molecule has 5 heteroatoms. The van der Waals surface area contributed by atoms with Crippen LogP contribution in [-0.4, -0.2) is 17.5 Å². The number of nitrogens with two attached hydrogens (primary N) is 1. The highest BCUT2D eigenvalue weighted by Crippen LogP contribution is 2.26. The third-order valence-corrected chi connectivity index (χ3v) is 5.40. The first-order valence-electron chi connectivity index (χ1n) is 9.63. The van der Waals surface area contributed by atoms with E-state index in [0.717, 1.165) is 36.0 Å². The molecule has 2 aromatic carbocycles. The van der Waals surface area contributed by atoms with Gasteiger partial charge in [0.25, 0.3) is 0 Å². The van der Waals surface area contributed by atoms with Crippen molar-refractivity contribution in [3.63, 3.8) is 0 Å².